The Morgan fingerprint density at radius 2 is 1.54 bits per heavy atom. The van der Waals surface area contributed by atoms with Crippen molar-refractivity contribution in [1.82, 2.24) is 0 Å². The molecule has 0 bridgehead atoms. The molecule has 0 radical (unpaired) electrons. The number of carbonyl (C=O) groups is 1. The molecule has 0 fully saturated rings. The molecule has 0 aliphatic rings. The van der Waals surface area contributed by atoms with Gasteiger partial charge in [0.25, 0.3) is 10.0 Å². The minimum Gasteiger partial charge on any atom is -0.368 e. The highest BCUT2D eigenvalue weighted by molar-refractivity contribution is 7.93. The fourth-order valence-electron chi connectivity index (χ4n) is 1.92. The van der Waals surface area contributed by atoms with Gasteiger partial charge in [0.1, 0.15) is 11.4 Å². The van der Waals surface area contributed by atoms with Crippen LogP contribution >= 0.6 is 46.4 Å². The number of amides is 1. The van der Waals surface area contributed by atoms with Crippen LogP contribution < -0.4 is 10.0 Å². The molecule has 128 valence electrons. The van der Waals surface area contributed by atoms with Crippen LogP contribution in [-0.2, 0) is 14.8 Å². The standard InChI is InChI=1S/C14H10Cl4N2O3S/c15-8-2-4-12(11(18)5-8)20(7-14(19)21)24(22,23)13-6-9(16)1-3-10(13)17/h1-6H,7H2,(H2,19,21). The first-order chi connectivity index (χ1) is 11.1. The molecule has 0 unspecified atom stereocenters. The van der Waals surface area contributed by atoms with Gasteiger partial charge in [0.05, 0.1) is 15.7 Å². The second-order valence-corrected chi connectivity index (χ2v) is 8.17. The van der Waals surface area contributed by atoms with Gasteiger partial charge in [-0.3, -0.25) is 9.10 Å². The Morgan fingerprint density at radius 3 is 2.12 bits per heavy atom. The van der Waals surface area contributed by atoms with Crippen molar-refractivity contribution >= 4 is 68.0 Å². The first-order valence-electron chi connectivity index (χ1n) is 6.34. The maximum atomic E-state index is 13.0. The summed E-state index contributed by atoms with van der Waals surface area (Å²) in [7, 11) is -4.25. The summed E-state index contributed by atoms with van der Waals surface area (Å²) in [5.41, 5.74) is 5.22. The Bertz CT molecular complexity index is 903. The molecular formula is C14H10Cl4N2O3S. The van der Waals surface area contributed by atoms with E-state index in [9.17, 15) is 13.2 Å². The number of anilines is 1. The van der Waals surface area contributed by atoms with E-state index in [1.165, 1.54) is 36.4 Å². The summed E-state index contributed by atoms with van der Waals surface area (Å²) in [5.74, 6) is -0.872. The zero-order valence-corrected chi connectivity index (χ0v) is 15.7. The number of sulfonamides is 1. The number of nitrogens with zero attached hydrogens (tertiary/aromatic N) is 1. The Hall–Kier alpha value is -1.18. The van der Waals surface area contributed by atoms with E-state index >= 15 is 0 Å². The van der Waals surface area contributed by atoms with Crippen molar-refractivity contribution in [2.45, 2.75) is 4.90 Å². The van der Waals surface area contributed by atoms with Crippen LogP contribution in [0, 0.1) is 0 Å². The second-order valence-electron chi connectivity index (χ2n) is 4.65. The maximum Gasteiger partial charge on any atom is 0.266 e. The second kappa shape index (κ2) is 7.37. The van der Waals surface area contributed by atoms with Crippen LogP contribution in [0.25, 0.3) is 0 Å². The highest BCUT2D eigenvalue weighted by Crippen LogP contribution is 2.35. The summed E-state index contributed by atoms with van der Waals surface area (Å²) in [4.78, 5) is 11.1. The quantitative estimate of drug-likeness (QED) is 0.783. The van der Waals surface area contributed by atoms with E-state index in [0.29, 0.717) is 5.02 Å². The number of hydrogen-bond acceptors (Lipinski definition) is 3. The fraction of sp³-hybridized carbons (Fsp3) is 0.0714. The van der Waals surface area contributed by atoms with E-state index in [0.717, 1.165) is 4.31 Å². The van der Waals surface area contributed by atoms with Gasteiger partial charge in [-0.2, -0.15) is 0 Å². The molecule has 0 aliphatic carbocycles. The van der Waals surface area contributed by atoms with E-state index in [1.807, 2.05) is 0 Å². The van der Waals surface area contributed by atoms with Crippen molar-refractivity contribution in [3.8, 4) is 0 Å². The average molecular weight is 428 g/mol. The van der Waals surface area contributed by atoms with Gasteiger partial charge >= 0.3 is 0 Å². The lowest BCUT2D eigenvalue weighted by Gasteiger charge is -2.24. The SMILES string of the molecule is NC(=O)CN(c1ccc(Cl)cc1Cl)S(=O)(=O)c1cc(Cl)ccc1Cl. The molecule has 2 aromatic rings. The molecule has 0 saturated carbocycles. The van der Waals surface area contributed by atoms with Crippen molar-refractivity contribution < 1.29 is 13.2 Å². The summed E-state index contributed by atoms with van der Waals surface area (Å²) >= 11 is 23.7. The normalized spacial score (nSPS) is 11.3. The summed E-state index contributed by atoms with van der Waals surface area (Å²) in [6.07, 6.45) is 0. The van der Waals surface area contributed by atoms with Gasteiger partial charge in [0.15, 0.2) is 0 Å². The van der Waals surface area contributed by atoms with E-state index < -0.39 is 22.5 Å². The van der Waals surface area contributed by atoms with Crippen LogP contribution in [0.15, 0.2) is 41.3 Å². The zero-order chi connectivity index (χ0) is 18.1. The first-order valence-corrected chi connectivity index (χ1v) is 9.29. The molecule has 0 heterocycles. The molecule has 2 N–H and O–H groups in total. The first kappa shape index (κ1) is 19.1. The number of rotatable bonds is 5. The molecule has 0 atom stereocenters. The molecule has 5 nitrogen and oxygen atoms in total. The van der Waals surface area contributed by atoms with Gasteiger partial charge in [-0.25, -0.2) is 8.42 Å². The van der Waals surface area contributed by atoms with E-state index in [-0.39, 0.29) is 25.7 Å². The highest BCUT2D eigenvalue weighted by Gasteiger charge is 2.30. The van der Waals surface area contributed by atoms with Gasteiger partial charge in [0, 0.05) is 10.0 Å². The van der Waals surface area contributed by atoms with Crippen LogP contribution in [0.5, 0.6) is 0 Å². The van der Waals surface area contributed by atoms with E-state index in [4.69, 9.17) is 52.1 Å². The number of hydrogen-bond donors (Lipinski definition) is 1. The van der Waals surface area contributed by atoms with Crippen LogP contribution in [0.3, 0.4) is 0 Å². The fourth-order valence-corrected chi connectivity index (χ4v) is 4.67. The Labute approximate surface area is 158 Å². The summed E-state index contributed by atoms with van der Waals surface area (Å²) in [5, 5.41) is 0.449. The highest BCUT2D eigenvalue weighted by atomic mass is 35.5. The zero-order valence-electron chi connectivity index (χ0n) is 11.8. The molecule has 0 saturated heterocycles. The minimum atomic E-state index is -4.25. The topological polar surface area (TPSA) is 80.5 Å². The lowest BCUT2D eigenvalue weighted by molar-refractivity contribution is -0.116. The van der Waals surface area contributed by atoms with Gasteiger partial charge in [-0.1, -0.05) is 46.4 Å². The van der Waals surface area contributed by atoms with Crippen LogP contribution in [-0.4, -0.2) is 20.9 Å². The van der Waals surface area contributed by atoms with Crippen molar-refractivity contribution in [2.24, 2.45) is 5.73 Å². The van der Waals surface area contributed by atoms with Crippen molar-refractivity contribution in [2.75, 3.05) is 10.8 Å². The Kier molecular flexibility index (Phi) is 5.88. The third-order valence-corrected chi connectivity index (χ3v) is 5.95. The lowest BCUT2D eigenvalue weighted by Crippen LogP contribution is -2.38. The molecule has 0 aromatic heterocycles. The van der Waals surface area contributed by atoms with Crippen molar-refractivity contribution in [3.05, 3.63) is 56.5 Å². The Morgan fingerprint density at radius 1 is 0.958 bits per heavy atom. The largest absolute Gasteiger partial charge is 0.368 e. The average Bonchev–Trinajstić information content (AvgIpc) is 2.47. The number of primary amides is 1. The monoisotopic (exact) mass is 426 g/mol. The van der Waals surface area contributed by atoms with Crippen LogP contribution in [0.2, 0.25) is 20.1 Å². The lowest BCUT2D eigenvalue weighted by atomic mass is 10.3. The number of benzene rings is 2. The van der Waals surface area contributed by atoms with E-state index in [1.54, 1.807) is 0 Å². The van der Waals surface area contributed by atoms with Crippen molar-refractivity contribution in [3.63, 3.8) is 0 Å². The predicted octanol–water partition coefficient (Wildman–Crippen LogP) is 3.98. The molecule has 2 aromatic carbocycles. The molecule has 10 heteroatoms. The third kappa shape index (κ3) is 4.07. The summed E-state index contributed by atoms with van der Waals surface area (Å²) < 4.78 is 26.7. The number of carbonyl (C=O) groups excluding carboxylic acids is 1. The summed E-state index contributed by atoms with van der Waals surface area (Å²) in [6, 6.07) is 8.10. The maximum absolute atomic E-state index is 13.0. The number of nitrogens with two attached hydrogens (primary N) is 1. The van der Waals surface area contributed by atoms with Crippen molar-refractivity contribution in [1.29, 1.82) is 0 Å². The minimum absolute atomic E-state index is 0.0328. The smallest absolute Gasteiger partial charge is 0.266 e. The predicted molar refractivity (Wildman–Crippen MR) is 96.7 cm³/mol. The third-order valence-electron chi connectivity index (χ3n) is 2.94. The molecule has 2 rings (SSSR count). The molecule has 0 aliphatic heterocycles. The number of halogens is 4. The molecule has 1 amide bonds. The molecule has 0 spiro atoms. The van der Waals surface area contributed by atoms with Gasteiger partial charge < -0.3 is 5.73 Å². The van der Waals surface area contributed by atoms with Gasteiger partial charge in [-0.05, 0) is 36.4 Å². The van der Waals surface area contributed by atoms with Gasteiger partial charge in [0.2, 0.25) is 5.91 Å². The van der Waals surface area contributed by atoms with Crippen LogP contribution in [0.1, 0.15) is 0 Å². The molecule has 24 heavy (non-hydrogen) atoms. The van der Waals surface area contributed by atoms with Crippen LogP contribution in [0.4, 0.5) is 5.69 Å². The summed E-state index contributed by atoms with van der Waals surface area (Å²) in [6.45, 7) is -0.632. The van der Waals surface area contributed by atoms with Gasteiger partial charge in [-0.15, -0.1) is 0 Å². The van der Waals surface area contributed by atoms with E-state index in [2.05, 4.69) is 0 Å². The molecular weight excluding hydrogens is 418 g/mol. The Balaban J connectivity index is 2.66.